The minimum absolute atomic E-state index is 0. The second-order valence-electron chi connectivity index (χ2n) is 1.41. The predicted octanol–water partition coefficient (Wildman–Crippen LogP) is 1.56. The molecule has 0 saturated heterocycles. The molecule has 1 heteroatoms. The SMILES string of the molecule is C1CCC1.[Pt+2]. The Hall–Kier alpha value is 0.688. The molecule has 1 saturated carbocycles. The van der Waals surface area contributed by atoms with Gasteiger partial charge in [0.05, 0.1) is 0 Å². The Morgan fingerprint density at radius 2 is 0.800 bits per heavy atom. The van der Waals surface area contributed by atoms with Gasteiger partial charge in [-0.1, -0.05) is 25.7 Å². The summed E-state index contributed by atoms with van der Waals surface area (Å²) in [6.45, 7) is 0. The van der Waals surface area contributed by atoms with Crippen LogP contribution in [-0.4, -0.2) is 0 Å². The zero-order valence-corrected chi connectivity index (χ0v) is 5.42. The maximum Gasteiger partial charge on any atom is 2.00 e. The predicted molar refractivity (Wildman–Crippen MR) is 18.5 cm³/mol. The summed E-state index contributed by atoms with van der Waals surface area (Å²) in [6, 6.07) is 0. The van der Waals surface area contributed by atoms with E-state index in [9.17, 15) is 0 Å². The summed E-state index contributed by atoms with van der Waals surface area (Å²) in [6.07, 6.45) is 6.00. The maximum atomic E-state index is 1.50. The van der Waals surface area contributed by atoms with Gasteiger partial charge < -0.3 is 0 Å². The summed E-state index contributed by atoms with van der Waals surface area (Å²) in [7, 11) is 0. The van der Waals surface area contributed by atoms with Gasteiger partial charge in [-0.2, -0.15) is 0 Å². The molecule has 32 valence electrons. The smallest absolute Gasteiger partial charge is 0.0533 e. The molecule has 0 heterocycles. The first-order valence-electron chi connectivity index (χ1n) is 2.00. The standard InChI is InChI=1S/C4H8.Pt/c1-2-4-3-1;/h1-4H2;/q;+2. The average Bonchev–Trinajstić information content (AvgIpc) is 0.722. The first kappa shape index (κ1) is 5.69. The molecule has 0 aromatic heterocycles. The average molecular weight is 251 g/mol. The molecule has 0 aliphatic heterocycles. The van der Waals surface area contributed by atoms with Crippen molar-refractivity contribution in [2.45, 2.75) is 25.7 Å². The van der Waals surface area contributed by atoms with Gasteiger partial charge in [-0.15, -0.1) is 0 Å². The van der Waals surface area contributed by atoms with Gasteiger partial charge in [0.15, 0.2) is 0 Å². The molecule has 1 aliphatic rings. The third-order valence-corrected chi connectivity index (χ3v) is 1.000. The van der Waals surface area contributed by atoms with E-state index in [2.05, 4.69) is 0 Å². The summed E-state index contributed by atoms with van der Waals surface area (Å²) in [5, 5.41) is 0. The van der Waals surface area contributed by atoms with Crippen LogP contribution in [0.5, 0.6) is 0 Å². The van der Waals surface area contributed by atoms with Gasteiger partial charge in [-0.25, -0.2) is 0 Å². The van der Waals surface area contributed by atoms with Crippen LogP contribution in [0.15, 0.2) is 0 Å². The Labute approximate surface area is 47.2 Å². The van der Waals surface area contributed by atoms with Gasteiger partial charge in [0.1, 0.15) is 0 Å². The van der Waals surface area contributed by atoms with Crippen LogP contribution in [0.1, 0.15) is 25.7 Å². The fourth-order valence-corrected chi connectivity index (χ4v) is 0.250. The Morgan fingerprint density at radius 3 is 0.800 bits per heavy atom. The molecule has 1 aliphatic carbocycles. The Morgan fingerprint density at radius 1 is 0.600 bits per heavy atom. The minimum atomic E-state index is 0. The molecule has 0 atom stereocenters. The van der Waals surface area contributed by atoms with Crippen molar-refractivity contribution in [3.63, 3.8) is 0 Å². The van der Waals surface area contributed by atoms with Gasteiger partial charge in [-0.05, 0) is 0 Å². The van der Waals surface area contributed by atoms with E-state index in [1.165, 1.54) is 25.7 Å². The largest absolute Gasteiger partial charge is 2.00 e. The molecule has 0 nitrogen and oxygen atoms in total. The maximum absolute atomic E-state index is 1.50. The van der Waals surface area contributed by atoms with Crippen LogP contribution < -0.4 is 0 Å². The second-order valence-corrected chi connectivity index (χ2v) is 1.41. The fourth-order valence-electron chi connectivity index (χ4n) is 0.250. The zero-order chi connectivity index (χ0) is 2.83. The van der Waals surface area contributed by atoms with Crippen LogP contribution in [0.2, 0.25) is 0 Å². The van der Waals surface area contributed by atoms with E-state index < -0.39 is 0 Å². The van der Waals surface area contributed by atoms with Crippen LogP contribution in [-0.2, 0) is 21.1 Å². The molecule has 0 aromatic carbocycles. The monoisotopic (exact) mass is 251 g/mol. The fraction of sp³-hybridized carbons (Fsp3) is 1.00. The third-order valence-electron chi connectivity index (χ3n) is 1.000. The molecular weight excluding hydrogens is 243 g/mol. The molecule has 5 heavy (non-hydrogen) atoms. The molecule has 0 spiro atoms. The Kier molecular flexibility index (Phi) is 3.30. The second kappa shape index (κ2) is 2.90. The third kappa shape index (κ3) is 1.54. The van der Waals surface area contributed by atoms with E-state index in [0.29, 0.717) is 0 Å². The van der Waals surface area contributed by atoms with Gasteiger partial charge in [-0.3, -0.25) is 0 Å². The van der Waals surface area contributed by atoms with Crippen molar-refractivity contribution in [1.82, 2.24) is 0 Å². The summed E-state index contributed by atoms with van der Waals surface area (Å²) >= 11 is 0. The van der Waals surface area contributed by atoms with Crippen LogP contribution in [0, 0.1) is 0 Å². The molecule has 0 aromatic rings. The van der Waals surface area contributed by atoms with Gasteiger partial charge in [0.2, 0.25) is 0 Å². The van der Waals surface area contributed by atoms with Crippen molar-refractivity contribution in [2.24, 2.45) is 0 Å². The first-order valence-corrected chi connectivity index (χ1v) is 2.00. The molecule has 0 N–H and O–H groups in total. The summed E-state index contributed by atoms with van der Waals surface area (Å²) < 4.78 is 0. The quantitative estimate of drug-likeness (QED) is 0.613. The molecule has 1 rings (SSSR count). The molecule has 0 unspecified atom stereocenters. The summed E-state index contributed by atoms with van der Waals surface area (Å²) in [4.78, 5) is 0. The van der Waals surface area contributed by atoms with Crippen molar-refractivity contribution in [3.8, 4) is 0 Å². The van der Waals surface area contributed by atoms with E-state index in [-0.39, 0.29) is 21.1 Å². The number of rotatable bonds is 0. The molecule has 0 radical (unpaired) electrons. The van der Waals surface area contributed by atoms with Crippen molar-refractivity contribution < 1.29 is 21.1 Å². The van der Waals surface area contributed by atoms with Crippen LogP contribution in [0.4, 0.5) is 0 Å². The molecular formula is C4H8Pt+2. The van der Waals surface area contributed by atoms with E-state index in [1.807, 2.05) is 0 Å². The van der Waals surface area contributed by atoms with Crippen LogP contribution in [0.3, 0.4) is 0 Å². The van der Waals surface area contributed by atoms with Crippen molar-refractivity contribution >= 4 is 0 Å². The summed E-state index contributed by atoms with van der Waals surface area (Å²) in [5.41, 5.74) is 0. The number of hydrogen-bond donors (Lipinski definition) is 0. The first-order chi connectivity index (χ1) is 2.00. The molecule has 1 fully saturated rings. The summed E-state index contributed by atoms with van der Waals surface area (Å²) in [5.74, 6) is 0. The molecule has 0 bridgehead atoms. The van der Waals surface area contributed by atoms with Gasteiger partial charge in [0, 0.05) is 0 Å². The Balaban J connectivity index is 0.000000160. The van der Waals surface area contributed by atoms with E-state index in [4.69, 9.17) is 0 Å². The Bertz CT molecular complexity index is 11.6. The zero-order valence-electron chi connectivity index (χ0n) is 3.14. The minimum Gasteiger partial charge on any atom is -0.0533 e. The van der Waals surface area contributed by atoms with Gasteiger partial charge >= 0.3 is 21.1 Å². The normalized spacial score (nSPS) is 19.2. The van der Waals surface area contributed by atoms with E-state index in [0.717, 1.165) is 0 Å². The van der Waals surface area contributed by atoms with Gasteiger partial charge in [0.25, 0.3) is 0 Å². The van der Waals surface area contributed by atoms with Crippen molar-refractivity contribution in [3.05, 3.63) is 0 Å². The van der Waals surface area contributed by atoms with E-state index in [1.54, 1.807) is 0 Å². The van der Waals surface area contributed by atoms with Crippen LogP contribution in [0.25, 0.3) is 0 Å². The van der Waals surface area contributed by atoms with E-state index >= 15 is 0 Å². The van der Waals surface area contributed by atoms with Crippen molar-refractivity contribution in [1.29, 1.82) is 0 Å². The number of hydrogen-bond acceptors (Lipinski definition) is 0. The van der Waals surface area contributed by atoms with Crippen LogP contribution >= 0.6 is 0 Å². The topological polar surface area (TPSA) is 0 Å². The van der Waals surface area contributed by atoms with Crippen molar-refractivity contribution in [2.75, 3.05) is 0 Å². The molecule has 0 amide bonds.